The van der Waals surface area contributed by atoms with Gasteiger partial charge in [0.1, 0.15) is 11.4 Å². The molecule has 0 amide bonds. The Morgan fingerprint density at radius 2 is 1.78 bits per heavy atom. The fraction of sp³-hybridized carbons (Fsp3) is 0.111. The molecule has 3 aromatic rings. The molecule has 0 aliphatic carbocycles. The van der Waals surface area contributed by atoms with Crippen LogP contribution in [-0.2, 0) is 6.42 Å². The largest absolute Gasteiger partial charge is 0.395 e. The van der Waals surface area contributed by atoms with Gasteiger partial charge in [0.2, 0.25) is 0 Å². The highest BCUT2D eigenvalue weighted by molar-refractivity contribution is 6.30. The van der Waals surface area contributed by atoms with Gasteiger partial charge in [0, 0.05) is 17.0 Å². The zero-order valence-electron chi connectivity index (χ0n) is 12.4. The number of nitrogens with zero attached hydrogens (tertiary/aromatic N) is 1. The second-order valence-electron chi connectivity index (χ2n) is 5.28. The molecule has 0 aliphatic heterocycles. The van der Waals surface area contributed by atoms with Crippen LogP contribution in [0.25, 0.3) is 11.3 Å². The maximum atomic E-state index is 12.4. The monoisotopic (exact) mass is 325 g/mol. The Balaban J connectivity index is 1.76. The number of ketones is 1. The summed E-state index contributed by atoms with van der Waals surface area (Å²) in [6.45, 7) is 0. The van der Waals surface area contributed by atoms with Crippen LogP contribution < -0.4 is 5.73 Å². The maximum absolute atomic E-state index is 12.4. The quantitative estimate of drug-likeness (QED) is 0.693. The van der Waals surface area contributed by atoms with Gasteiger partial charge in [0.15, 0.2) is 5.78 Å². The zero-order valence-corrected chi connectivity index (χ0v) is 13.2. The lowest BCUT2D eigenvalue weighted by atomic mass is 10.0. The van der Waals surface area contributed by atoms with Crippen LogP contribution in [0.2, 0.25) is 5.02 Å². The number of aryl methyl sites for hydroxylation is 1. The van der Waals surface area contributed by atoms with E-state index in [2.05, 4.69) is 10.2 Å². The van der Waals surface area contributed by atoms with E-state index in [1.807, 2.05) is 42.5 Å². The molecule has 3 N–H and O–H groups in total. The van der Waals surface area contributed by atoms with Gasteiger partial charge in [-0.2, -0.15) is 5.10 Å². The first-order valence-electron chi connectivity index (χ1n) is 7.32. The minimum Gasteiger partial charge on any atom is -0.395 e. The number of carbonyl (C=O) groups is 1. The van der Waals surface area contributed by atoms with Gasteiger partial charge in [-0.05, 0) is 24.1 Å². The molecule has 2 aromatic carbocycles. The summed E-state index contributed by atoms with van der Waals surface area (Å²) in [7, 11) is 0. The number of nitrogens with one attached hydrogen (secondary N) is 1. The number of H-pyrrole nitrogens is 1. The maximum Gasteiger partial charge on any atom is 0.183 e. The smallest absolute Gasteiger partial charge is 0.183 e. The lowest BCUT2D eigenvalue weighted by Crippen LogP contribution is -2.05. The summed E-state index contributed by atoms with van der Waals surface area (Å²) in [6, 6.07) is 17.1. The van der Waals surface area contributed by atoms with Crippen molar-refractivity contribution < 1.29 is 4.79 Å². The molecule has 1 heterocycles. The minimum absolute atomic E-state index is 0.0425. The van der Waals surface area contributed by atoms with E-state index in [1.165, 1.54) is 0 Å². The van der Waals surface area contributed by atoms with E-state index >= 15 is 0 Å². The Labute approximate surface area is 139 Å². The number of nitrogens with two attached hydrogens (primary N) is 1. The van der Waals surface area contributed by atoms with E-state index in [0.717, 1.165) is 11.1 Å². The molecule has 0 saturated carbocycles. The van der Waals surface area contributed by atoms with Crippen molar-refractivity contribution in [1.29, 1.82) is 0 Å². The molecule has 0 spiro atoms. The van der Waals surface area contributed by atoms with Gasteiger partial charge in [-0.3, -0.25) is 9.89 Å². The summed E-state index contributed by atoms with van der Waals surface area (Å²) in [6.07, 6.45) is 1.06. The van der Waals surface area contributed by atoms with Crippen LogP contribution >= 0.6 is 11.6 Å². The van der Waals surface area contributed by atoms with Crippen molar-refractivity contribution >= 4 is 23.1 Å². The highest BCUT2D eigenvalue weighted by atomic mass is 35.5. The summed E-state index contributed by atoms with van der Waals surface area (Å²) < 4.78 is 0. The Kier molecular flexibility index (Phi) is 4.44. The average Bonchev–Trinajstić information content (AvgIpc) is 2.96. The fourth-order valence-corrected chi connectivity index (χ4v) is 2.54. The van der Waals surface area contributed by atoms with Crippen LogP contribution in [0.5, 0.6) is 0 Å². The number of Topliss-reactive ketones (excluding diaryl/α,β-unsaturated/α-hetero) is 1. The Morgan fingerprint density at radius 1 is 1.09 bits per heavy atom. The molecule has 3 rings (SSSR count). The van der Waals surface area contributed by atoms with Crippen molar-refractivity contribution in [2.24, 2.45) is 0 Å². The number of rotatable bonds is 5. The zero-order chi connectivity index (χ0) is 16.2. The van der Waals surface area contributed by atoms with Crippen LogP contribution in [0.1, 0.15) is 22.5 Å². The van der Waals surface area contributed by atoms with Crippen molar-refractivity contribution in [3.8, 4) is 11.3 Å². The predicted molar refractivity (Wildman–Crippen MR) is 92.5 cm³/mol. The first-order chi connectivity index (χ1) is 11.1. The molecule has 5 heteroatoms. The number of carbonyl (C=O) groups excluding carboxylic acids is 1. The first kappa shape index (κ1) is 15.3. The molecule has 0 saturated heterocycles. The van der Waals surface area contributed by atoms with Crippen LogP contribution in [0.3, 0.4) is 0 Å². The number of hydrogen-bond donors (Lipinski definition) is 2. The second kappa shape index (κ2) is 6.67. The molecule has 0 unspecified atom stereocenters. The van der Waals surface area contributed by atoms with Crippen molar-refractivity contribution in [3.05, 3.63) is 70.9 Å². The molecule has 0 radical (unpaired) electrons. The molecule has 0 bridgehead atoms. The van der Waals surface area contributed by atoms with Crippen LogP contribution in [0, 0.1) is 0 Å². The van der Waals surface area contributed by atoms with E-state index < -0.39 is 0 Å². The normalized spacial score (nSPS) is 10.7. The van der Waals surface area contributed by atoms with Gasteiger partial charge >= 0.3 is 0 Å². The van der Waals surface area contributed by atoms with Gasteiger partial charge in [-0.1, -0.05) is 54.1 Å². The number of hydrogen-bond acceptors (Lipinski definition) is 3. The third-order valence-corrected chi connectivity index (χ3v) is 3.94. The molecular formula is C18H16ClN3O. The lowest BCUT2D eigenvalue weighted by molar-refractivity contribution is 0.0979. The highest BCUT2D eigenvalue weighted by Gasteiger charge is 2.17. The average molecular weight is 326 g/mol. The molecule has 4 nitrogen and oxygen atoms in total. The fourth-order valence-electron chi connectivity index (χ4n) is 2.42. The lowest BCUT2D eigenvalue weighted by Gasteiger charge is -2.02. The highest BCUT2D eigenvalue weighted by Crippen LogP contribution is 2.28. The van der Waals surface area contributed by atoms with Crippen LogP contribution in [0.4, 0.5) is 5.69 Å². The first-order valence-corrected chi connectivity index (χ1v) is 7.70. The summed E-state index contributed by atoms with van der Waals surface area (Å²) >= 11 is 5.88. The molecule has 0 aliphatic rings. The summed E-state index contributed by atoms with van der Waals surface area (Å²) in [5.41, 5.74) is 9.36. The molecule has 116 valence electrons. The number of anilines is 1. The van der Waals surface area contributed by atoms with Gasteiger partial charge in [0.05, 0.1) is 5.69 Å². The third-order valence-electron chi connectivity index (χ3n) is 3.68. The molecule has 0 atom stereocenters. The Morgan fingerprint density at radius 3 is 2.48 bits per heavy atom. The Bertz CT molecular complexity index is 810. The SMILES string of the molecule is Nc1c(-c2ccc(Cl)cc2)n[nH]c1C(=O)CCc1ccccc1. The predicted octanol–water partition coefficient (Wildman–Crippen LogP) is 4.13. The third kappa shape index (κ3) is 3.43. The van der Waals surface area contributed by atoms with E-state index in [0.29, 0.717) is 34.9 Å². The Hall–Kier alpha value is -2.59. The summed E-state index contributed by atoms with van der Waals surface area (Å²) in [5, 5.41) is 7.58. The van der Waals surface area contributed by atoms with Gasteiger partial charge < -0.3 is 5.73 Å². The number of benzene rings is 2. The topological polar surface area (TPSA) is 71.8 Å². The minimum atomic E-state index is -0.0425. The van der Waals surface area contributed by atoms with Crippen molar-refractivity contribution in [2.45, 2.75) is 12.8 Å². The van der Waals surface area contributed by atoms with Crippen LogP contribution in [-0.4, -0.2) is 16.0 Å². The number of nitrogen functional groups attached to an aromatic ring is 1. The van der Waals surface area contributed by atoms with E-state index in [4.69, 9.17) is 17.3 Å². The second-order valence-corrected chi connectivity index (χ2v) is 5.71. The van der Waals surface area contributed by atoms with Gasteiger partial charge in [0.25, 0.3) is 0 Å². The summed E-state index contributed by atoms with van der Waals surface area (Å²) in [4.78, 5) is 12.4. The standard InChI is InChI=1S/C18H16ClN3O/c19-14-9-7-13(8-10-14)17-16(20)18(22-21-17)15(23)11-6-12-4-2-1-3-5-12/h1-5,7-10H,6,11,20H2,(H,21,22). The molecule has 0 fully saturated rings. The number of aromatic nitrogens is 2. The van der Waals surface area contributed by atoms with Gasteiger partial charge in [-0.25, -0.2) is 0 Å². The van der Waals surface area contributed by atoms with Crippen molar-refractivity contribution in [3.63, 3.8) is 0 Å². The molecular weight excluding hydrogens is 310 g/mol. The van der Waals surface area contributed by atoms with Crippen LogP contribution in [0.15, 0.2) is 54.6 Å². The summed E-state index contributed by atoms with van der Waals surface area (Å²) in [5.74, 6) is -0.0425. The van der Waals surface area contributed by atoms with E-state index in [1.54, 1.807) is 12.1 Å². The molecule has 23 heavy (non-hydrogen) atoms. The van der Waals surface area contributed by atoms with Crippen molar-refractivity contribution in [1.82, 2.24) is 10.2 Å². The molecule has 1 aromatic heterocycles. The van der Waals surface area contributed by atoms with Crippen molar-refractivity contribution in [2.75, 3.05) is 5.73 Å². The van der Waals surface area contributed by atoms with Gasteiger partial charge in [-0.15, -0.1) is 0 Å². The number of aromatic amines is 1. The number of halogens is 1. The van der Waals surface area contributed by atoms with E-state index in [-0.39, 0.29) is 5.78 Å². The van der Waals surface area contributed by atoms with E-state index in [9.17, 15) is 4.79 Å².